The molecule has 2 fully saturated rings. The van der Waals surface area contributed by atoms with E-state index >= 15 is 0 Å². The topological polar surface area (TPSA) is 29.1 Å². The maximum atomic E-state index is 12.4. The van der Waals surface area contributed by atoms with Gasteiger partial charge in [-0.25, -0.2) is 0 Å². The van der Waals surface area contributed by atoms with Crippen LogP contribution < -0.4 is 5.32 Å². The van der Waals surface area contributed by atoms with Crippen molar-refractivity contribution < 1.29 is 4.79 Å². The molecule has 1 amide bonds. The van der Waals surface area contributed by atoms with E-state index in [1.807, 2.05) is 0 Å². The van der Waals surface area contributed by atoms with Crippen LogP contribution in [0.3, 0.4) is 0 Å². The van der Waals surface area contributed by atoms with E-state index in [2.05, 4.69) is 29.6 Å². The third-order valence-corrected chi connectivity index (χ3v) is 6.08. The van der Waals surface area contributed by atoms with Crippen LogP contribution in [0.1, 0.15) is 36.3 Å². The molecule has 3 aliphatic rings. The zero-order chi connectivity index (χ0) is 13.7. The van der Waals surface area contributed by atoms with Crippen LogP contribution >= 0.6 is 11.6 Å². The molecule has 1 aromatic carbocycles. The average molecular weight is 290 g/mol. The number of alkyl halides is 1. The maximum Gasteiger partial charge on any atom is 0.224 e. The van der Waals surface area contributed by atoms with Gasteiger partial charge in [0.25, 0.3) is 0 Å². The molecule has 4 rings (SSSR count). The standard InChI is InChI=1S/C17H20ClNO/c18-9-17(7-8-17)10-19-16(20)15-13-6-5-11-3-1-2-4-12(11)14(13)15/h1-4,13-15H,5-10H2,(H,19,20). The Morgan fingerprint density at radius 3 is 2.90 bits per heavy atom. The zero-order valence-corrected chi connectivity index (χ0v) is 12.3. The molecule has 0 saturated heterocycles. The number of benzene rings is 1. The van der Waals surface area contributed by atoms with Gasteiger partial charge in [-0.3, -0.25) is 4.79 Å². The molecule has 20 heavy (non-hydrogen) atoms. The second-order valence-corrected chi connectivity index (χ2v) is 7.07. The van der Waals surface area contributed by atoms with Crippen molar-refractivity contribution >= 4 is 17.5 Å². The smallest absolute Gasteiger partial charge is 0.224 e. The maximum absolute atomic E-state index is 12.4. The molecule has 0 aliphatic heterocycles. The SMILES string of the molecule is O=C(NCC1(CCl)CC1)C1C2CCc3ccccc3C21. The molecule has 3 aliphatic carbocycles. The summed E-state index contributed by atoms with van der Waals surface area (Å²) < 4.78 is 0. The molecular weight excluding hydrogens is 270 g/mol. The van der Waals surface area contributed by atoms with Gasteiger partial charge < -0.3 is 5.32 Å². The van der Waals surface area contributed by atoms with Crippen LogP contribution in [0, 0.1) is 17.3 Å². The van der Waals surface area contributed by atoms with Crippen molar-refractivity contribution in [2.45, 2.75) is 31.6 Å². The molecule has 0 radical (unpaired) electrons. The molecule has 0 spiro atoms. The summed E-state index contributed by atoms with van der Waals surface area (Å²) in [6.45, 7) is 0.771. The Morgan fingerprint density at radius 2 is 2.15 bits per heavy atom. The van der Waals surface area contributed by atoms with Crippen molar-refractivity contribution in [3.05, 3.63) is 35.4 Å². The van der Waals surface area contributed by atoms with E-state index in [1.54, 1.807) is 0 Å². The van der Waals surface area contributed by atoms with Crippen LogP contribution in [0.15, 0.2) is 24.3 Å². The number of carbonyl (C=O) groups is 1. The highest BCUT2D eigenvalue weighted by Gasteiger charge is 2.57. The minimum absolute atomic E-state index is 0.213. The van der Waals surface area contributed by atoms with Crippen molar-refractivity contribution in [2.24, 2.45) is 17.3 Å². The first-order chi connectivity index (χ1) is 9.74. The first-order valence-corrected chi connectivity index (χ1v) is 8.19. The highest BCUT2D eigenvalue weighted by atomic mass is 35.5. The second kappa shape index (κ2) is 4.49. The minimum Gasteiger partial charge on any atom is -0.355 e. The van der Waals surface area contributed by atoms with E-state index in [4.69, 9.17) is 11.6 Å². The van der Waals surface area contributed by atoms with Gasteiger partial charge in [0.2, 0.25) is 5.91 Å². The molecule has 3 unspecified atom stereocenters. The third kappa shape index (κ3) is 1.96. The number of fused-ring (bicyclic) bond motifs is 3. The first kappa shape index (κ1) is 12.7. The van der Waals surface area contributed by atoms with Crippen molar-refractivity contribution in [1.82, 2.24) is 5.32 Å². The summed E-state index contributed by atoms with van der Waals surface area (Å²) in [5.41, 5.74) is 3.08. The van der Waals surface area contributed by atoms with Gasteiger partial charge in [0.05, 0.1) is 0 Å². The lowest BCUT2D eigenvalue weighted by molar-refractivity contribution is -0.122. The Labute approximate surface area is 124 Å². The Bertz CT molecular complexity index is 552. The Hall–Kier alpha value is -1.02. The summed E-state index contributed by atoms with van der Waals surface area (Å²) in [5.74, 6) is 2.20. The van der Waals surface area contributed by atoms with Crippen LogP contribution in [0.5, 0.6) is 0 Å². The number of amides is 1. The van der Waals surface area contributed by atoms with Crippen molar-refractivity contribution in [3.8, 4) is 0 Å². The van der Waals surface area contributed by atoms with E-state index in [9.17, 15) is 4.79 Å². The Balaban J connectivity index is 1.43. The van der Waals surface area contributed by atoms with Crippen molar-refractivity contribution in [3.63, 3.8) is 0 Å². The summed E-state index contributed by atoms with van der Waals surface area (Å²) >= 11 is 5.97. The number of halogens is 1. The van der Waals surface area contributed by atoms with E-state index < -0.39 is 0 Å². The lowest BCUT2D eigenvalue weighted by atomic mass is 9.92. The number of hydrogen-bond acceptors (Lipinski definition) is 1. The Kier molecular flexibility index (Phi) is 2.85. The van der Waals surface area contributed by atoms with Gasteiger partial charge in [-0.15, -0.1) is 11.6 Å². The molecule has 0 aromatic heterocycles. The van der Waals surface area contributed by atoms with Gasteiger partial charge in [-0.1, -0.05) is 24.3 Å². The molecule has 2 saturated carbocycles. The largest absolute Gasteiger partial charge is 0.355 e. The van der Waals surface area contributed by atoms with E-state index in [0.29, 0.717) is 17.7 Å². The summed E-state index contributed by atoms with van der Waals surface area (Å²) in [7, 11) is 0. The van der Waals surface area contributed by atoms with E-state index in [-0.39, 0.29) is 17.2 Å². The fourth-order valence-electron chi connectivity index (χ4n) is 3.85. The summed E-state index contributed by atoms with van der Waals surface area (Å²) in [5, 5.41) is 3.16. The van der Waals surface area contributed by atoms with E-state index in [0.717, 1.165) is 25.8 Å². The molecule has 1 N–H and O–H groups in total. The highest BCUT2D eigenvalue weighted by Crippen LogP contribution is 2.60. The van der Waals surface area contributed by atoms with Crippen LogP contribution in [0.2, 0.25) is 0 Å². The van der Waals surface area contributed by atoms with E-state index in [1.165, 1.54) is 17.5 Å². The molecule has 2 nitrogen and oxygen atoms in total. The van der Waals surface area contributed by atoms with Gasteiger partial charge in [-0.05, 0) is 48.6 Å². The summed E-state index contributed by atoms with van der Waals surface area (Å²) in [4.78, 5) is 12.4. The van der Waals surface area contributed by atoms with Crippen molar-refractivity contribution in [2.75, 3.05) is 12.4 Å². The fraction of sp³-hybridized carbons (Fsp3) is 0.588. The number of aryl methyl sites for hydroxylation is 1. The number of rotatable bonds is 4. The first-order valence-electron chi connectivity index (χ1n) is 7.66. The Morgan fingerprint density at radius 1 is 1.35 bits per heavy atom. The molecule has 0 bridgehead atoms. The zero-order valence-electron chi connectivity index (χ0n) is 11.6. The molecule has 0 heterocycles. The van der Waals surface area contributed by atoms with Gasteiger partial charge in [0.1, 0.15) is 0 Å². The molecule has 3 atom stereocenters. The molecule has 106 valence electrons. The van der Waals surface area contributed by atoms with Gasteiger partial charge in [0, 0.05) is 23.8 Å². The lowest BCUT2D eigenvalue weighted by Crippen LogP contribution is -2.32. The fourth-order valence-corrected chi connectivity index (χ4v) is 4.21. The van der Waals surface area contributed by atoms with Gasteiger partial charge >= 0.3 is 0 Å². The van der Waals surface area contributed by atoms with Crippen molar-refractivity contribution in [1.29, 1.82) is 0 Å². The molecular formula is C17H20ClNO. The normalized spacial score (nSPS) is 31.9. The summed E-state index contributed by atoms with van der Waals surface area (Å²) in [6, 6.07) is 8.63. The predicted molar refractivity (Wildman–Crippen MR) is 79.9 cm³/mol. The number of hydrogen-bond donors (Lipinski definition) is 1. The second-order valence-electron chi connectivity index (χ2n) is 6.80. The predicted octanol–water partition coefficient (Wildman–Crippen LogP) is 3.10. The highest BCUT2D eigenvalue weighted by molar-refractivity contribution is 6.18. The average Bonchev–Trinajstić information content (AvgIpc) is 3.39. The molecule has 1 aromatic rings. The number of nitrogens with one attached hydrogen (secondary N) is 1. The van der Waals surface area contributed by atoms with Gasteiger partial charge in [0.15, 0.2) is 0 Å². The third-order valence-electron chi connectivity index (χ3n) is 5.51. The van der Waals surface area contributed by atoms with Crippen LogP contribution in [0.4, 0.5) is 0 Å². The van der Waals surface area contributed by atoms with Crippen LogP contribution in [0.25, 0.3) is 0 Å². The molecule has 3 heteroatoms. The van der Waals surface area contributed by atoms with Crippen LogP contribution in [-0.4, -0.2) is 18.3 Å². The minimum atomic E-state index is 0.213. The van der Waals surface area contributed by atoms with Crippen LogP contribution in [-0.2, 0) is 11.2 Å². The van der Waals surface area contributed by atoms with Gasteiger partial charge in [-0.2, -0.15) is 0 Å². The quantitative estimate of drug-likeness (QED) is 0.848. The number of carbonyl (C=O) groups excluding carboxylic acids is 1. The monoisotopic (exact) mass is 289 g/mol. The lowest BCUT2D eigenvalue weighted by Gasteiger charge is -2.13. The summed E-state index contributed by atoms with van der Waals surface area (Å²) in [6.07, 6.45) is 4.63.